The van der Waals surface area contributed by atoms with Crippen molar-refractivity contribution >= 4 is 11.6 Å². The third kappa shape index (κ3) is 1.90. The van der Waals surface area contributed by atoms with E-state index in [9.17, 15) is 5.11 Å². The van der Waals surface area contributed by atoms with Gasteiger partial charge in [-0.05, 0) is 49.3 Å². The van der Waals surface area contributed by atoms with E-state index in [1.54, 1.807) is 18.2 Å². The van der Waals surface area contributed by atoms with Crippen LogP contribution in [0.5, 0.6) is 5.75 Å². The summed E-state index contributed by atoms with van der Waals surface area (Å²) in [5.41, 5.74) is 0.745. The Hall–Kier alpha value is -1.55. The van der Waals surface area contributed by atoms with Gasteiger partial charge in [-0.1, -0.05) is 23.2 Å². The summed E-state index contributed by atoms with van der Waals surface area (Å²) in [6.45, 7) is 0. The summed E-state index contributed by atoms with van der Waals surface area (Å²) in [7, 11) is 0. The van der Waals surface area contributed by atoms with Gasteiger partial charge in [0.05, 0.1) is 5.02 Å². The first-order valence-corrected chi connectivity index (χ1v) is 7.41. The summed E-state index contributed by atoms with van der Waals surface area (Å²) in [5, 5.41) is 13.9. The molecule has 2 fully saturated rings. The van der Waals surface area contributed by atoms with Crippen LogP contribution in [0.25, 0.3) is 11.5 Å². The van der Waals surface area contributed by atoms with Gasteiger partial charge in [-0.25, -0.2) is 0 Å². The Morgan fingerprint density at radius 1 is 1.25 bits per heavy atom. The van der Waals surface area contributed by atoms with E-state index >= 15 is 0 Å². The molecule has 0 saturated heterocycles. The second kappa shape index (κ2) is 4.48. The highest BCUT2D eigenvalue weighted by molar-refractivity contribution is 6.32. The van der Waals surface area contributed by atoms with Crippen LogP contribution >= 0.6 is 11.6 Å². The zero-order valence-corrected chi connectivity index (χ0v) is 11.7. The Bertz CT molecular complexity index is 655. The van der Waals surface area contributed by atoms with Gasteiger partial charge in [-0.2, -0.15) is 4.98 Å². The Balaban J connectivity index is 1.63. The number of aromatic nitrogens is 2. The summed E-state index contributed by atoms with van der Waals surface area (Å²) >= 11 is 5.91. The third-order valence-electron chi connectivity index (χ3n) is 4.71. The van der Waals surface area contributed by atoms with Crippen LogP contribution in [0, 0.1) is 11.8 Å². The molecule has 20 heavy (non-hydrogen) atoms. The van der Waals surface area contributed by atoms with Gasteiger partial charge in [0.15, 0.2) is 5.82 Å². The summed E-state index contributed by atoms with van der Waals surface area (Å²) in [6, 6.07) is 4.92. The van der Waals surface area contributed by atoms with E-state index in [4.69, 9.17) is 16.1 Å². The van der Waals surface area contributed by atoms with Gasteiger partial charge < -0.3 is 9.63 Å². The molecule has 3 atom stereocenters. The highest BCUT2D eigenvalue weighted by Crippen LogP contribution is 2.52. The molecule has 2 aliphatic rings. The van der Waals surface area contributed by atoms with Crippen molar-refractivity contribution < 1.29 is 9.63 Å². The van der Waals surface area contributed by atoms with Gasteiger partial charge in [-0.3, -0.25) is 0 Å². The van der Waals surface area contributed by atoms with Crippen molar-refractivity contribution in [3.8, 4) is 17.2 Å². The molecule has 2 aromatic rings. The molecule has 3 unspecified atom stereocenters. The number of aromatic hydroxyl groups is 1. The van der Waals surface area contributed by atoms with Crippen LogP contribution in [0.15, 0.2) is 22.7 Å². The van der Waals surface area contributed by atoms with Gasteiger partial charge >= 0.3 is 0 Å². The van der Waals surface area contributed by atoms with Crippen LogP contribution in [0.4, 0.5) is 0 Å². The molecule has 0 aliphatic heterocycles. The van der Waals surface area contributed by atoms with Crippen LogP contribution in [-0.2, 0) is 0 Å². The molecule has 1 aromatic heterocycles. The number of nitrogens with zero attached hydrogens (tertiary/aromatic N) is 2. The van der Waals surface area contributed by atoms with Crippen molar-refractivity contribution in [1.29, 1.82) is 0 Å². The summed E-state index contributed by atoms with van der Waals surface area (Å²) in [5.74, 6) is 3.41. The van der Waals surface area contributed by atoms with Gasteiger partial charge in [0.2, 0.25) is 0 Å². The quantitative estimate of drug-likeness (QED) is 0.908. The highest BCUT2D eigenvalue weighted by Gasteiger charge is 2.42. The van der Waals surface area contributed by atoms with E-state index in [-0.39, 0.29) is 5.75 Å². The van der Waals surface area contributed by atoms with Crippen LogP contribution in [0.2, 0.25) is 5.02 Å². The van der Waals surface area contributed by atoms with E-state index in [0.717, 1.165) is 23.2 Å². The lowest BCUT2D eigenvalue weighted by Crippen LogP contribution is -2.09. The Labute approximate surface area is 121 Å². The topological polar surface area (TPSA) is 59.2 Å². The van der Waals surface area contributed by atoms with E-state index in [1.165, 1.54) is 25.7 Å². The number of hydrogen-bond acceptors (Lipinski definition) is 4. The molecule has 1 heterocycles. The second-order valence-corrected chi connectivity index (χ2v) is 6.31. The van der Waals surface area contributed by atoms with E-state index in [2.05, 4.69) is 10.1 Å². The largest absolute Gasteiger partial charge is 0.506 e. The van der Waals surface area contributed by atoms with Crippen LogP contribution in [0.1, 0.15) is 37.4 Å². The molecular weight excluding hydrogens is 276 g/mol. The van der Waals surface area contributed by atoms with E-state index in [0.29, 0.717) is 16.8 Å². The van der Waals surface area contributed by atoms with Gasteiger partial charge in [-0.15, -0.1) is 0 Å². The maximum absolute atomic E-state index is 9.44. The Morgan fingerprint density at radius 2 is 2.15 bits per heavy atom. The fourth-order valence-electron chi connectivity index (χ4n) is 3.70. The predicted molar refractivity (Wildman–Crippen MR) is 74.6 cm³/mol. The number of halogens is 1. The third-order valence-corrected chi connectivity index (χ3v) is 5.01. The molecule has 2 aliphatic carbocycles. The fourth-order valence-corrected chi connectivity index (χ4v) is 3.88. The number of phenolic OH excluding ortho intramolecular Hbond substituents is 1. The van der Waals surface area contributed by atoms with Crippen molar-refractivity contribution in [3.05, 3.63) is 29.0 Å². The molecule has 0 radical (unpaired) electrons. The molecule has 2 saturated carbocycles. The van der Waals surface area contributed by atoms with Gasteiger partial charge in [0, 0.05) is 11.5 Å². The van der Waals surface area contributed by atoms with Crippen molar-refractivity contribution in [3.63, 3.8) is 0 Å². The smallest absolute Gasteiger partial charge is 0.257 e. The first-order valence-electron chi connectivity index (χ1n) is 7.03. The van der Waals surface area contributed by atoms with Crippen molar-refractivity contribution in [2.24, 2.45) is 11.8 Å². The summed E-state index contributed by atoms with van der Waals surface area (Å²) < 4.78 is 5.36. The van der Waals surface area contributed by atoms with Gasteiger partial charge in [0.25, 0.3) is 5.89 Å². The molecule has 1 aromatic carbocycles. The molecule has 2 bridgehead atoms. The predicted octanol–water partition coefficient (Wildman–Crippen LogP) is 4.00. The molecule has 4 nitrogen and oxygen atoms in total. The molecule has 104 valence electrons. The molecule has 4 rings (SSSR count). The lowest BCUT2D eigenvalue weighted by atomic mass is 9.88. The molecular formula is C15H15ClN2O2. The van der Waals surface area contributed by atoms with Crippen molar-refractivity contribution in [1.82, 2.24) is 10.1 Å². The van der Waals surface area contributed by atoms with E-state index in [1.807, 2.05) is 0 Å². The Morgan fingerprint density at radius 3 is 2.85 bits per heavy atom. The average molecular weight is 291 g/mol. The molecule has 0 spiro atoms. The van der Waals surface area contributed by atoms with Crippen molar-refractivity contribution in [2.45, 2.75) is 31.6 Å². The minimum Gasteiger partial charge on any atom is -0.506 e. The average Bonchev–Trinajstić information content (AvgIpc) is 3.16. The SMILES string of the molecule is Oc1ccc(-c2nc(C3CC4CCC3C4)no2)cc1Cl. The minimum absolute atomic E-state index is 0.0586. The van der Waals surface area contributed by atoms with Crippen molar-refractivity contribution in [2.75, 3.05) is 0 Å². The second-order valence-electron chi connectivity index (χ2n) is 5.91. The molecule has 0 amide bonds. The minimum atomic E-state index is 0.0586. The number of fused-ring (bicyclic) bond motifs is 2. The van der Waals surface area contributed by atoms with Crippen LogP contribution in [-0.4, -0.2) is 15.2 Å². The summed E-state index contributed by atoms with van der Waals surface area (Å²) in [4.78, 5) is 4.53. The zero-order valence-electron chi connectivity index (χ0n) is 10.9. The first-order chi connectivity index (χ1) is 9.70. The monoisotopic (exact) mass is 290 g/mol. The molecule has 5 heteroatoms. The van der Waals surface area contributed by atoms with Gasteiger partial charge in [0.1, 0.15) is 5.75 Å². The normalized spacial score (nSPS) is 28.1. The maximum Gasteiger partial charge on any atom is 0.257 e. The lowest BCUT2D eigenvalue weighted by molar-refractivity contribution is 0.372. The number of benzene rings is 1. The first kappa shape index (κ1) is 12.2. The van der Waals surface area contributed by atoms with Crippen LogP contribution < -0.4 is 0 Å². The van der Waals surface area contributed by atoms with Crippen LogP contribution in [0.3, 0.4) is 0 Å². The zero-order chi connectivity index (χ0) is 13.7. The fraction of sp³-hybridized carbons (Fsp3) is 0.467. The van der Waals surface area contributed by atoms with E-state index < -0.39 is 0 Å². The lowest BCUT2D eigenvalue weighted by Gasteiger charge is -2.17. The standard InChI is InChI=1S/C15H15ClN2O2/c16-12-7-10(3-4-13(12)19)15-17-14(18-20-15)11-6-8-1-2-9(11)5-8/h3-4,7-9,11,19H,1-2,5-6H2. The summed E-state index contributed by atoms with van der Waals surface area (Å²) in [6.07, 6.45) is 5.17. The molecule has 1 N–H and O–H groups in total. The Kier molecular flexibility index (Phi) is 2.74. The number of hydrogen-bond donors (Lipinski definition) is 1. The highest BCUT2D eigenvalue weighted by atomic mass is 35.5. The number of rotatable bonds is 2. The maximum atomic E-state index is 9.44. The number of phenols is 1.